The molecule has 0 aromatic heterocycles. The van der Waals surface area contributed by atoms with Crippen molar-refractivity contribution in [3.8, 4) is 5.75 Å². The van der Waals surface area contributed by atoms with Gasteiger partial charge in [0.15, 0.2) is 0 Å². The number of methoxy groups -OCH3 is 1. The second-order valence-electron chi connectivity index (χ2n) is 6.49. The fourth-order valence-corrected chi connectivity index (χ4v) is 2.30. The minimum Gasteiger partial charge on any atom is -0.486 e. The van der Waals surface area contributed by atoms with Crippen LogP contribution in [0.15, 0.2) is 18.2 Å². The van der Waals surface area contributed by atoms with Crippen LogP contribution in [-0.4, -0.2) is 37.3 Å². The van der Waals surface area contributed by atoms with E-state index < -0.39 is 5.60 Å². The first kappa shape index (κ1) is 17.1. The smallest absolute Gasteiger partial charge is 0.310 e. The van der Waals surface area contributed by atoms with Gasteiger partial charge in [-0.05, 0) is 38.5 Å². The van der Waals surface area contributed by atoms with Crippen LogP contribution < -0.4 is 10.1 Å². The highest BCUT2D eigenvalue weighted by Gasteiger charge is 2.23. The van der Waals surface area contributed by atoms with E-state index in [-0.39, 0.29) is 30.9 Å². The largest absolute Gasteiger partial charge is 0.486 e. The Morgan fingerprint density at radius 1 is 1.30 bits per heavy atom. The molecule has 126 valence electrons. The Morgan fingerprint density at radius 2 is 2.04 bits per heavy atom. The highest BCUT2D eigenvalue weighted by Crippen LogP contribution is 2.31. The Hall–Kier alpha value is -2.24. The summed E-state index contributed by atoms with van der Waals surface area (Å²) in [5, 5.41) is 3.22. The van der Waals surface area contributed by atoms with E-state index >= 15 is 0 Å². The molecule has 0 fully saturated rings. The maximum absolute atomic E-state index is 11.9. The van der Waals surface area contributed by atoms with Crippen molar-refractivity contribution in [3.05, 3.63) is 23.8 Å². The minimum absolute atomic E-state index is 0.197. The summed E-state index contributed by atoms with van der Waals surface area (Å²) >= 11 is 0. The molecule has 0 amide bonds. The molecule has 0 spiro atoms. The Balaban J connectivity index is 1.99. The fourth-order valence-electron chi connectivity index (χ4n) is 2.30. The number of carbonyl (C=O) groups is 2. The molecule has 0 aliphatic carbocycles. The van der Waals surface area contributed by atoms with Gasteiger partial charge in [-0.3, -0.25) is 9.59 Å². The van der Waals surface area contributed by atoms with Gasteiger partial charge in [0.2, 0.25) is 0 Å². The first-order chi connectivity index (χ1) is 10.8. The summed E-state index contributed by atoms with van der Waals surface area (Å²) in [4.78, 5) is 23.2. The summed E-state index contributed by atoms with van der Waals surface area (Å²) in [6, 6.07) is 5.49. The lowest BCUT2D eigenvalue weighted by Crippen LogP contribution is -2.33. The molecule has 0 saturated heterocycles. The maximum Gasteiger partial charge on any atom is 0.310 e. The molecule has 6 nitrogen and oxygen atoms in total. The van der Waals surface area contributed by atoms with Gasteiger partial charge in [-0.2, -0.15) is 0 Å². The number of hydrogen-bond acceptors (Lipinski definition) is 6. The van der Waals surface area contributed by atoms with Gasteiger partial charge in [-0.1, -0.05) is 6.07 Å². The van der Waals surface area contributed by atoms with Crippen molar-refractivity contribution < 1.29 is 23.8 Å². The van der Waals surface area contributed by atoms with Gasteiger partial charge in [0.25, 0.3) is 0 Å². The third kappa shape index (κ3) is 5.16. The van der Waals surface area contributed by atoms with E-state index in [0.29, 0.717) is 12.3 Å². The van der Waals surface area contributed by atoms with E-state index in [0.717, 1.165) is 11.3 Å². The van der Waals surface area contributed by atoms with Crippen molar-refractivity contribution in [3.63, 3.8) is 0 Å². The van der Waals surface area contributed by atoms with Crippen LogP contribution in [0.4, 0.5) is 5.69 Å². The maximum atomic E-state index is 11.9. The van der Waals surface area contributed by atoms with E-state index in [1.807, 2.05) is 32.9 Å². The SMILES string of the molecule is COC(=O)C[C@H]1CNc2cc(CC(=O)OC(C)(C)C)ccc2O1. The molecule has 0 radical (unpaired) electrons. The average molecular weight is 321 g/mol. The molecule has 0 bridgehead atoms. The highest BCUT2D eigenvalue weighted by molar-refractivity contribution is 5.74. The minimum atomic E-state index is -0.492. The van der Waals surface area contributed by atoms with Gasteiger partial charge in [0, 0.05) is 0 Å². The standard InChI is InChI=1S/C17H23NO5/c1-17(2,3)23-16(20)8-11-5-6-14-13(7-11)18-10-12(22-14)9-15(19)21-4/h5-7,12,18H,8-10H2,1-4H3/t12-/m0/s1. The van der Waals surface area contributed by atoms with Crippen LogP contribution in [0.5, 0.6) is 5.75 Å². The third-order valence-electron chi connectivity index (χ3n) is 3.25. The van der Waals surface area contributed by atoms with Gasteiger partial charge in [0.1, 0.15) is 17.5 Å². The summed E-state index contributed by atoms with van der Waals surface area (Å²) < 4.78 is 15.7. The third-order valence-corrected chi connectivity index (χ3v) is 3.25. The second-order valence-corrected chi connectivity index (χ2v) is 6.49. The van der Waals surface area contributed by atoms with Crippen LogP contribution >= 0.6 is 0 Å². The van der Waals surface area contributed by atoms with Crippen molar-refractivity contribution in [1.29, 1.82) is 0 Å². The average Bonchev–Trinajstić information content (AvgIpc) is 2.45. The van der Waals surface area contributed by atoms with E-state index in [9.17, 15) is 9.59 Å². The van der Waals surface area contributed by atoms with Crippen LogP contribution in [-0.2, 0) is 25.5 Å². The van der Waals surface area contributed by atoms with Crippen LogP contribution in [0.25, 0.3) is 0 Å². The Morgan fingerprint density at radius 3 is 2.70 bits per heavy atom. The zero-order valence-electron chi connectivity index (χ0n) is 14.0. The molecule has 23 heavy (non-hydrogen) atoms. The monoisotopic (exact) mass is 321 g/mol. The summed E-state index contributed by atoms with van der Waals surface area (Å²) in [7, 11) is 1.36. The molecule has 2 rings (SSSR count). The molecule has 6 heteroatoms. The number of carbonyl (C=O) groups excluding carboxylic acids is 2. The molecule has 0 unspecified atom stereocenters. The Kier molecular flexibility index (Phi) is 5.13. The first-order valence-corrected chi connectivity index (χ1v) is 7.59. The topological polar surface area (TPSA) is 73.9 Å². The van der Waals surface area contributed by atoms with Crippen LogP contribution in [0.1, 0.15) is 32.8 Å². The van der Waals surface area contributed by atoms with E-state index in [1.165, 1.54) is 7.11 Å². The van der Waals surface area contributed by atoms with Crippen molar-refractivity contribution in [1.82, 2.24) is 0 Å². The van der Waals surface area contributed by atoms with E-state index in [4.69, 9.17) is 9.47 Å². The van der Waals surface area contributed by atoms with Crippen LogP contribution in [0.2, 0.25) is 0 Å². The van der Waals surface area contributed by atoms with Crippen LogP contribution in [0.3, 0.4) is 0 Å². The van der Waals surface area contributed by atoms with Gasteiger partial charge < -0.3 is 19.5 Å². The summed E-state index contributed by atoms with van der Waals surface area (Å²) in [5.41, 5.74) is 1.17. The molecular weight excluding hydrogens is 298 g/mol. The van der Waals surface area contributed by atoms with Gasteiger partial charge >= 0.3 is 11.9 Å². The number of benzene rings is 1. The summed E-state index contributed by atoms with van der Waals surface area (Å²) in [6.07, 6.45) is 0.145. The molecule has 0 saturated carbocycles. The number of rotatable bonds is 4. The highest BCUT2D eigenvalue weighted by atomic mass is 16.6. The molecule has 1 N–H and O–H groups in total. The van der Waals surface area contributed by atoms with Gasteiger partial charge in [0.05, 0.1) is 32.2 Å². The molecule has 1 atom stereocenters. The molecule has 1 aliphatic rings. The van der Waals surface area contributed by atoms with E-state index in [1.54, 1.807) is 6.07 Å². The fraction of sp³-hybridized carbons (Fsp3) is 0.529. The number of anilines is 1. The Bertz CT molecular complexity index is 591. The molecule has 1 aromatic carbocycles. The first-order valence-electron chi connectivity index (χ1n) is 7.59. The summed E-state index contributed by atoms with van der Waals surface area (Å²) in [5.74, 6) is 0.0950. The number of nitrogens with one attached hydrogen (secondary N) is 1. The van der Waals surface area contributed by atoms with Crippen molar-refractivity contribution in [2.24, 2.45) is 0 Å². The second kappa shape index (κ2) is 6.89. The number of esters is 2. The zero-order chi connectivity index (χ0) is 17.0. The lowest BCUT2D eigenvalue weighted by molar-refractivity contribution is -0.154. The predicted octanol–water partition coefficient (Wildman–Crippen LogP) is 2.31. The summed E-state index contributed by atoms with van der Waals surface area (Å²) in [6.45, 7) is 6.04. The normalized spacial score (nSPS) is 16.6. The molecule has 1 aromatic rings. The van der Waals surface area contributed by atoms with Gasteiger partial charge in [-0.15, -0.1) is 0 Å². The molecule has 1 heterocycles. The Labute approximate surface area is 136 Å². The number of ether oxygens (including phenoxy) is 3. The zero-order valence-corrected chi connectivity index (χ0v) is 14.0. The van der Waals surface area contributed by atoms with E-state index in [2.05, 4.69) is 10.1 Å². The van der Waals surface area contributed by atoms with Crippen LogP contribution in [0, 0.1) is 0 Å². The number of fused-ring (bicyclic) bond motifs is 1. The quantitative estimate of drug-likeness (QED) is 0.858. The number of hydrogen-bond donors (Lipinski definition) is 1. The van der Waals surface area contributed by atoms with Crippen molar-refractivity contribution >= 4 is 17.6 Å². The predicted molar refractivity (Wildman–Crippen MR) is 85.5 cm³/mol. The molecule has 1 aliphatic heterocycles. The lowest BCUT2D eigenvalue weighted by atomic mass is 10.1. The van der Waals surface area contributed by atoms with Crippen molar-refractivity contribution in [2.45, 2.75) is 45.3 Å². The molecular formula is C17H23NO5. The van der Waals surface area contributed by atoms with Gasteiger partial charge in [-0.25, -0.2) is 0 Å². The lowest BCUT2D eigenvalue weighted by Gasteiger charge is -2.27. The van der Waals surface area contributed by atoms with Crippen molar-refractivity contribution in [2.75, 3.05) is 19.0 Å².